The van der Waals surface area contributed by atoms with Gasteiger partial charge in [-0.05, 0) is 12.5 Å². The van der Waals surface area contributed by atoms with Gasteiger partial charge < -0.3 is 10.4 Å². The third-order valence-corrected chi connectivity index (χ3v) is 2.34. The van der Waals surface area contributed by atoms with Crippen LogP contribution in [0, 0.1) is 11.8 Å². The van der Waals surface area contributed by atoms with E-state index in [-0.39, 0.29) is 6.42 Å². The number of aliphatic carboxylic acids is 1. The number of amides is 1. The van der Waals surface area contributed by atoms with Crippen molar-refractivity contribution in [2.75, 3.05) is 0 Å². The second-order valence-corrected chi connectivity index (χ2v) is 3.64. The van der Waals surface area contributed by atoms with Gasteiger partial charge >= 0.3 is 5.97 Å². The summed E-state index contributed by atoms with van der Waals surface area (Å²) in [5.41, 5.74) is -0.494. The number of pyridine rings is 1. The lowest BCUT2D eigenvalue weighted by Crippen LogP contribution is -2.36. The van der Waals surface area contributed by atoms with Crippen molar-refractivity contribution in [3.8, 4) is 0 Å². The molecule has 0 aliphatic heterocycles. The molecular weight excluding hydrogens is 246 g/mol. The van der Waals surface area contributed by atoms with Gasteiger partial charge in [0.05, 0.1) is 12.0 Å². The molecule has 0 saturated carbocycles. The van der Waals surface area contributed by atoms with Gasteiger partial charge in [-0.1, -0.05) is 6.92 Å². The Labute approximate surface area is 102 Å². The van der Waals surface area contributed by atoms with Crippen LogP contribution in [0.5, 0.6) is 0 Å². The van der Waals surface area contributed by atoms with E-state index in [4.69, 9.17) is 5.11 Å². The lowest BCUT2D eigenvalue weighted by molar-refractivity contribution is -0.137. The fourth-order valence-corrected chi connectivity index (χ4v) is 1.36. The van der Waals surface area contributed by atoms with Crippen molar-refractivity contribution in [1.29, 1.82) is 0 Å². The molecule has 1 rings (SSSR count). The summed E-state index contributed by atoms with van der Waals surface area (Å²) < 4.78 is 26.1. The van der Waals surface area contributed by atoms with Gasteiger partial charge in [-0.15, -0.1) is 0 Å². The van der Waals surface area contributed by atoms with Gasteiger partial charge in [0.2, 0.25) is 5.95 Å². The number of nitrogens with one attached hydrogen (secondary N) is 1. The van der Waals surface area contributed by atoms with E-state index in [9.17, 15) is 18.4 Å². The minimum atomic E-state index is -1.37. The number of nitrogens with zero attached hydrogens (tertiary/aromatic N) is 1. The predicted octanol–water partition coefficient (Wildman–Crippen LogP) is 1.34. The third-order valence-electron chi connectivity index (χ3n) is 2.34. The van der Waals surface area contributed by atoms with Crippen LogP contribution in [-0.2, 0) is 4.79 Å². The lowest BCUT2D eigenvalue weighted by Gasteiger charge is -2.14. The van der Waals surface area contributed by atoms with E-state index < -0.39 is 35.2 Å². The molecule has 1 aromatic heterocycles. The number of hydrogen-bond acceptors (Lipinski definition) is 3. The first-order chi connectivity index (χ1) is 8.45. The smallest absolute Gasteiger partial charge is 0.305 e. The number of halogens is 2. The molecule has 0 saturated heterocycles. The molecule has 0 aromatic carbocycles. The summed E-state index contributed by atoms with van der Waals surface area (Å²) in [6.45, 7) is 1.68. The van der Waals surface area contributed by atoms with Crippen molar-refractivity contribution in [2.24, 2.45) is 0 Å². The number of aromatic nitrogens is 1. The van der Waals surface area contributed by atoms with Gasteiger partial charge in [0.25, 0.3) is 5.91 Å². The van der Waals surface area contributed by atoms with Crippen LogP contribution in [0.25, 0.3) is 0 Å². The van der Waals surface area contributed by atoms with Crippen molar-refractivity contribution in [3.63, 3.8) is 0 Å². The van der Waals surface area contributed by atoms with Crippen LogP contribution >= 0.6 is 0 Å². The fourth-order valence-electron chi connectivity index (χ4n) is 1.36. The van der Waals surface area contributed by atoms with E-state index in [0.29, 0.717) is 6.42 Å². The highest BCUT2D eigenvalue weighted by atomic mass is 19.2. The summed E-state index contributed by atoms with van der Waals surface area (Å²) in [7, 11) is 0. The molecule has 0 spiro atoms. The maximum Gasteiger partial charge on any atom is 0.305 e. The van der Waals surface area contributed by atoms with Crippen LogP contribution in [0.15, 0.2) is 12.3 Å². The Hall–Kier alpha value is -2.05. The summed E-state index contributed by atoms with van der Waals surface area (Å²) >= 11 is 0. The molecule has 5 nitrogen and oxygen atoms in total. The minimum Gasteiger partial charge on any atom is -0.481 e. The van der Waals surface area contributed by atoms with Crippen LogP contribution in [0.1, 0.15) is 30.1 Å². The Morgan fingerprint density at radius 1 is 1.50 bits per heavy atom. The second-order valence-electron chi connectivity index (χ2n) is 3.64. The first-order valence-electron chi connectivity index (χ1n) is 5.28. The normalized spacial score (nSPS) is 11.9. The Balaban J connectivity index is 2.81. The number of carbonyl (C=O) groups excluding carboxylic acids is 1. The van der Waals surface area contributed by atoms with Crippen molar-refractivity contribution in [2.45, 2.75) is 25.8 Å². The molecule has 0 aliphatic rings. The molecule has 0 aliphatic carbocycles. The first-order valence-corrected chi connectivity index (χ1v) is 5.28. The molecule has 1 aromatic rings. The average molecular weight is 258 g/mol. The molecule has 18 heavy (non-hydrogen) atoms. The van der Waals surface area contributed by atoms with Gasteiger partial charge in [0.1, 0.15) is 0 Å². The first kappa shape index (κ1) is 14.0. The number of carbonyl (C=O) groups is 2. The average Bonchev–Trinajstić information content (AvgIpc) is 2.31. The van der Waals surface area contributed by atoms with Crippen LogP contribution in [0.3, 0.4) is 0 Å². The standard InChI is InChI=1S/C11H12F2N2O3/c1-2-6(5-8(16)17)15-11(18)7-3-4-14-10(13)9(7)12/h3-4,6H,2,5H2,1H3,(H,15,18)(H,16,17). The Bertz CT molecular complexity index is 466. The molecule has 1 heterocycles. The molecule has 1 unspecified atom stereocenters. The number of hydrogen-bond donors (Lipinski definition) is 2. The monoisotopic (exact) mass is 258 g/mol. The lowest BCUT2D eigenvalue weighted by atomic mass is 10.1. The maximum absolute atomic E-state index is 13.3. The van der Waals surface area contributed by atoms with Gasteiger partial charge in [-0.2, -0.15) is 4.39 Å². The summed E-state index contributed by atoms with van der Waals surface area (Å²) in [6, 6.07) is 0.395. The van der Waals surface area contributed by atoms with Crippen molar-refractivity contribution in [1.82, 2.24) is 10.3 Å². The molecular formula is C11H12F2N2O3. The van der Waals surface area contributed by atoms with E-state index in [2.05, 4.69) is 10.3 Å². The van der Waals surface area contributed by atoms with Gasteiger partial charge in [-0.25, -0.2) is 9.37 Å². The van der Waals surface area contributed by atoms with E-state index in [1.54, 1.807) is 6.92 Å². The summed E-state index contributed by atoms with van der Waals surface area (Å²) in [5.74, 6) is -4.65. The fraction of sp³-hybridized carbons (Fsp3) is 0.364. The summed E-state index contributed by atoms with van der Waals surface area (Å²) in [4.78, 5) is 25.2. The van der Waals surface area contributed by atoms with E-state index in [1.807, 2.05) is 0 Å². The van der Waals surface area contributed by atoms with Gasteiger partial charge in [-0.3, -0.25) is 9.59 Å². The summed E-state index contributed by atoms with van der Waals surface area (Å²) in [5, 5.41) is 10.9. The highest BCUT2D eigenvalue weighted by Crippen LogP contribution is 2.09. The second kappa shape index (κ2) is 6.04. The quantitative estimate of drug-likeness (QED) is 0.781. The SMILES string of the molecule is CCC(CC(=O)O)NC(=O)c1ccnc(F)c1F. The number of carboxylic acids is 1. The van der Waals surface area contributed by atoms with Crippen LogP contribution < -0.4 is 5.32 Å². The topological polar surface area (TPSA) is 79.3 Å². The van der Waals surface area contributed by atoms with Gasteiger partial charge in [0, 0.05) is 12.2 Å². The van der Waals surface area contributed by atoms with Crippen LogP contribution in [-0.4, -0.2) is 28.0 Å². The highest BCUT2D eigenvalue weighted by molar-refractivity contribution is 5.94. The molecule has 7 heteroatoms. The van der Waals surface area contributed by atoms with E-state index in [1.165, 1.54) is 0 Å². The molecule has 2 N–H and O–H groups in total. The minimum absolute atomic E-state index is 0.280. The predicted molar refractivity (Wildman–Crippen MR) is 58.0 cm³/mol. The Morgan fingerprint density at radius 2 is 2.17 bits per heavy atom. The molecule has 98 valence electrons. The zero-order chi connectivity index (χ0) is 13.7. The zero-order valence-corrected chi connectivity index (χ0v) is 9.61. The van der Waals surface area contributed by atoms with Crippen molar-refractivity contribution in [3.05, 3.63) is 29.6 Å². The highest BCUT2D eigenvalue weighted by Gasteiger charge is 2.19. The molecule has 0 fully saturated rings. The summed E-state index contributed by atoms with van der Waals surface area (Å²) in [6.07, 6.45) is 1.05. The molecule has 1 atom stereocenters. The van der Waals surface area contributed by atoms with E-state index in [0.717, 1.165) is 12.3 Å². The zero-order valence-electron chi connectivity index (χ0n) is 9.61. The van der Waals surface area contributed by atoms with Crippen LogP contribution in [0.2, 0.25) is 0 Å². The maximum atomic E-state index is 13.3. The third kappa shape index (κ3) is 3.47. The Morgan fingerprint density at radius 3 is 2.72 bits per heavy atom. The van der Waals surface area contributed by atoms with Crippen LogP contribution in [0.4, 0.5) is 8.78 Å². The molecule has 0 radical (unpaired) electrons. The van der Waals surface area contributed by atoms with E-state index >= 15 is 0 Å². The number of carboxylic acid groups (broad SMARTS) is 1. The van der Waals surface area contributed by atoms with Gasteiger partial charge in [0.15, 0.2) is 5.82 Å². The Kier molecular flexibility index (Phi) is 4.70. The van der Waals surface area contributed by atoms with Crippen molar-refractivity contribution < 1.29 is 23.5 Å². The largest absolute Gasteiger partial charge is 0.481 e. The molecule has 0 bridgehead atoms. The number of rotatable bonds is 5. The molecule has 1 amide bonds. The van der Waals surface area contributed by atoms with Crippen molar-refractivity contribution >= 4 is 11.9 Å².